The van der Waals surface area contributed by atoms with Gasteiger partial charge in [0.1, 0.15) is 5.82 Å². The quantitative estimate of drug-likeness (QED) is 0.704. The molecule has 1 amide bonds. The molecule has 1 aromatic carbocycles. The molecule has 5 nitrogen and oxygen atoms in total. The van der Waals surface area contributed by atoms with Gasteiger partial charge >= 0.3 is 0 Å². The second-order valence-electron chi connectivity index (χ2n) is 5.14. The van der Waals surface area contributed by atoms with Crippen LogP contribution in [0.15, 0.2) is 24.3 Å². The molecule has 1 N–H and O–H groups in total. The Labute approximate surface area is 131 Å². The van der Waals surface area contributed by atoms with Crippen LogP contribution in [0.3, 0.4) is 0 Å². The van der Waals surface area contributed by atoms with Crippen molar-refractivity contribution in [3.05, 3.63) is 35.6 Å². The molecule has 124 valence electrons. The fourth-order valence-corrected chi connectivity index (χ4v) is 2.89. The van der Waals surface area contributed by atoms with Crippen molar-refractivity contribution in [3.8, 4) is 0 Å². The van der Waals surface area contributed by atoms with Crippen molar-refractivity contribution in [1.29, 1.82) is 0 Å². The number of hydrogen-bond donors (Lipinski definition) is 1. The Morgan fingerprint density at radius 2 is 2.00 bits per heavy atom. The van der Waals surface area contributed by atoms with Crippen molar-refractivity contribution in [2.45, 2.75) is 26.2 Å². The lowest BCUT2D eigenvalue weighted by molar-refractivity contribution is 0.0951. The van der Waals surface area contributed by atoms with Crippen molar-refractivity contribution >= 4 is 15.9 Å². The standard InChI is InChI=1S/C15H23FN2O3S/c1-3-4-5-10-18(22(2,20)21)11-9-17-15(19)13-7-6-8-14(16)12-13/h6-8,12H,3-5,9-11H2,1-2H3,(H,17,19). The third-order valence-corrected chi connectivity index (χ3v) is 4.52. The predicted octanol–water partition coefficient (Wildman–Crippen LogP) is 2.01. The third-order valence-electron chi connectivity index (χ3n) is 3.21. The summed E-state index contributed by atoms with van der Waals surface area (Å²) in [5.41, 5.74) is 0.219. The van der Waals surface area contributed by atoms with Gasteiger partial charge in [-0.1, -0.05) is 25.8 Å². The Morgan fingerprint density at radius 3 is 2.59 bits per heavy atom. The van der Waals surface area contributed by atoms with E-state index in [-0.39, 0.29) is 18.7 Å². The number of rotatable bonds is 9. The number of nitrogens with zero attached hydrogens (tertiary/aromatic N) is 1. The summed E-state index contributed by atoms with van der Waals surface area (Å²) in [6, 6.07) is 5.37. The van der Waals surface area contributed by atoms with E-state index in [0.717, 1.165) is 31.6 Å². The molecular weight excluding hydrogens is 307 g/mol. The van der Waals surface area contributed by atoms with Gasteiger partial charge in [-0.2, -0.15) is 0 Å². The molecule has 1 aromatic rings. The summed E-state index contributed by atoms with van der Waals surface area (Å²) in [6.45, 7) is 2.89. The second kappa shape index (κ2) is 8.85. The van der Waals surface area contributed by atoms with E-state index in [1.807, 2.05) is 6.92 Å². The van der Waals surface area contributed by atoms with Gasteiger partial charge in [0.15, 0.2) is 0 Å². The van der Waals surface area contributed by atoms with Gasteiger partial charge in [-0.25, -0.2) is 17.1 Å². The number of nitrogens with one attached hydrogen (secondary N) is 1. The van der Waals surface area contributed by atoms with Gasteiger partial charge in [0.25, 0.3) is 5.91 Å². The number of carbonyl (C=O) groups is 1. The number of sulfonamides is 1. The molecule has 0 atom stereocenters. The zero-order valence-electron chi connectivity index (χ0n) is 13.0. The fourth-order valence-electron chi connectivity index (χ4n) is 2.01. The molecule has 0 unspecified atom stereocenters. The van der Waals surface area contributed by atoms with Gasteiger partial charge in [-0.3, -0.25) is 4.79 Å². The summed E-state index contributed by atoms with van der Waals surface area (Å²) in [5, 5.41) is 2.61. The number of halogens is 1. The van der Waals surface area contributed by atoms with Crippen LogP contribution in [0.1, 0.15) is 36.5 Å². The number of carbonyl (C=O) groups excluding carboxylic acids is 1. The maximum Gasteiger partial charge on any atom is 0.251 e. The van der Waals surface area contributed by atoms with Gasteiger partial charge in [-0.05, 0) is 24.6 Å². The number of amides is 1. The van der Waals surface area contributed by atoms with Crippen molar-refractivity contribution in [3.63, 3.8) is 0 Å². The number of hydrogen-bond acceptors (Lipinski definition) is 3. The molecule has 0 radical (unpaired) electrons. The maximum absolute atomic E-state index is 13.0. The number of unbranched alkanes of at least 4 members (excludes halogenated alkanes) is 2. The Bertz CT molecular complexity index is 590. The first-order valence-electron chi connectivity index (χ1n) is 7.33. The molecule has 0 aromatic heterocycles. The van der Waals surface area contributed by atoms with Gasteiger partial charge < -0.3 is 5.32 Å². The summed E-state index contributed by atoms with van der Waals surface area (Å²) in [7, 11) is -3.29. The van der Waals surface area contributed by atoms with E-state index in [4.69, 9.17) is 0 Å². The first kappa shape index (κ1) is 18.6. The van der Waals surface area contributed by atoms with Crippen LogP contribution in [0.2, 0.25) is 0 Å². The highest BCUT2D eigenvalue weighted by Crippen LogP contribution is 2.04. The van der Waals surface area contributed by atoms with Crippen LogP contribution in [0.5, 0.6) is 0 Å². The van der Waals surface area contributed by atoms with Crippen LogP contribution in [0.25, 0.3) is 0 Å². The zero-order valence-corrected chi connectivity index (χ0v) is 13.8. The van der Waals surface area contributed by atoms with Crippen LogP contribution in [0.4, 0.5) is 4.39 Å². The van der Waals surface area contributed by atoms with Crippen LogP contribution in [-0.2, 0) is 10.0 Å². The SMILES string of the molecule is CCCCCN(CCNC(=O)c1cccc(F)c1)S(C)(=O)=O. The lowest BCUT2D eigenvalue weighted by atomic mass is 10.2. The minimum Gasteiger partial charge on any atom is -0.351 e. The Hall–Kier alpha value is -1.47. The Morgan fingerprint density at radius 1 is 1.27 bits per heavy atom. The van der Waals surface area contributed by atoms with Gasteiger partial charge in [-0.15, -0.1) is 0 Å². The molecule has 0 spiro atoms. The van der Waals surface area contributed by atoms with Crippen LogP contribution < -0.4 is 5.32 Å². The van der Waals surface area contributed by atoms with E-state index in [1.165, 1.54) is 22.5 Å². The smallest absolute Gasteiger partial charge is 0.251 e. The molecule has 0 aliphatic heterocycles. The zero-order chi connectivity index (χ0) is 16.6. The normalized spacial score (nSPS) is 11.6. The van der Waals surface area contributed by atoms with Crippen LogP contribution >= 0.6 is 0 Å². The van der Waals surface area contributed by atoms with E-state index in [0.29, 0.717) is 6.54 Å². The third kappa shape index (κ3) is 6.53. The summed E-state index contributed by atoms with van der Waals surface area (Å²) in [5.74, 6) is -0.897. The van der Waals surface area contributed by atoms with Gasteiger partial charge in [0.05, 0.1) is 6.26 Å². The van der Waals surface area contributed by atoms with Crippen LogP contribution in [-0.4, -0.2) is 44.5 Å². The highest BCUT2D eigenvalue weighted by Gasteiger charge is 2.16. The van der Waals surface area contributed by atoms with Gasteiger partial charge in [0.2, 0.25) is 10.0 Å². The molecule has 0 saturated carbocycles. The Balaban J connectivity index is 2.50. The molecule has 0 bridgehead atoms. The van der Waals surface area contributed by atoms with E-state index in [9.17, 15) is 17.6 Å². The van der Waals surface area contributed by atoms with E-state index in [2.05, 4.69) is 5.32 Å². The van der Waals surface area contributed by atoms with Crippen molar-refractivity contribution in [2.75, 3.05) is 25.9 Å². The first-order valence-corrected chi connectivity index (χ1v) is 9.18. The fraction of sp³-hybridized carbons (Fsp3) is 0.533. The summed E-state index contributed by atoms with van der Waals surface area (Å²) >= 11 is 0. The molecule has 1 rings (SSSR count). The van der Waals surface area contributed by atoms with Crippen molar-refractivity contribution in [2.24, 2.45) is 0 Å². The average molecular weight is 330 g/mol. The molecule has 0 aliphatic rings. The first-order chi connectivity index (χ1) is 10.3. The number of benzene rings is 1. The minimum absolute atomic E-state index is 0.189. The Kier molecular flexibility index (Phi) is 7.47. The van der Waals surface area contributed by atoms with Gasteiger partial charge in [0, 0.05) is 25.2 Å². The topological polar surface area (TPSA) is 66.5 Å². The molecule has 0 fully saturated rings. The second-order valence-corrected chi connectivity index (χ2v) is 7.12. The summed E-state index contributed by atoms with van der Waals surface area (Å²) in [6.07, 6.45) is 3.92. The minimum atomic E-state index is -3.29. The van der Waals surface area contributed by atoms with E-state index < -0.39 is 21.7 Å². The monoisotopic (exact) mass is 330 g/mol. The maximum atomic E-state index is 13.0. The highest BCUT2D eigenvalue weighted by atomic mass is 32.2. The molecule has 0 saturated heterocycles. The highest BCUT2D eigenvalue weighted by molar-refractivity contribution is 7.88. The molecule has 22 heavy (non-hydrogen) atoms. The molecule has 0 aliphatic carbocycles. The van der Waals surface area contributed by atoms with E-state index >= 15 is 0 Å². The molecule has 7 heteroatoms. The lowest BCUT2D eigenvalue weighted by Gasteiger charge is -2.20. The average Bonchev–Trinajstić information content (AvgIpc) is 2.44. The summed E-state index contributed by atoms with van der Waals surface area (Å²) in [4.78, 5) is 11.8. The summed E-state index contributed by atoms with van der Waals surface area (Å²) < 4.78 is 37.8. The van der Waals surface area contributed by atoms with Crippen molar-refractivity contribution in [1.82, 2.24) is 9.62 Å². The van der Waals surface area contributed by atoms with E-state index in [1.54, 1.807) is 0 Å². The molecular formula is C15H23FN2O3S. The largest absolute Gasteiger partial charge is 0.351 e. The predicted molar refractivity (Wildman–Crippen MR) is 84.7 cm³/mol. The lowest BCUT2D eigenvalue weighted by Crippen LogP contribution is -2.38. The van der Waals surface area contributed by atoms with Crippen molar-refractivity contribution < 1.29 is 17.6 Å². The molecule has 0 heterocycles. The van der Waals surface area contributed by atoms with Crippen LogP contribution in [0, 0.1) is 5.82 Å².